The molecule has 38 heavy (non-hydrogen) atoms. The highest BCUT2D eigenvalue weighted by Gasteiger charge is 2.35. The van der Waals surface area contributed by atoms with Gasteiger partial charge in [0.2, 0.25) is 11.7 Å². The number of carbonyl (C=O) groups is 2. The Labute approximate surface area is 219 Å². The zero-order valence-electron chi connectivity index (χ0n) is 21.8. The van der Waals surface area contributed by atoms with Crippen LogP contribution in [-0.2, 0) is 16.1 Å². The highest BCUT2D eigenvalue weighted by molar-refractivity contribution is 6.01. The fourth-order valence-corrected chi connectivity index (χ4v) is 3.87. The molecule has 0 saturated heterocycles. The number of amides is 2. The number of benzene rings is 2. The molecule has 2 aromatic heterocycles. The third-order valence-electron chi connectivity index (χ3n) is 5.48. The molecule has 1 unspecified atom stereocenters. The van der Waals surface area contributed by atoms with Crippen molar-refractivity contribution in [2.24, 2.45) is 0 Å². The maximum atomic E-state index is 14.3. The number of rotatable bonds is 8. The van der Waals surface area contributed by atoms with Crippen LogP contribution in [0.4, 0.5) is 10.1 Å². The predicted molar refractivity (Wildman–Crippen MR) is 138 cm³/mol. The second kappa shape index (κ2) is 10.8. The molecular formula is C27H29FN6O4. The van der Waals surface area contributed by atoms with Crippen LogP contribution in [-0.4, -0.2) is 44.7 Å². The highest BCUT2D eigenvalue weighted by atomic mass is 19.1. The van der Waals surface area contributed by atoms with Crippen molar-refractivity contribution >= 4 is 17.5 Å². The van der Waals surface area contributed by atoms with Gasteiger partial charge in [-0.3, -0.25) is 14.5 Å². The van der Waals surface area contributed by atoms with Crippen molar-refractivity contribution in [3.8, 4) is 17.3 Å². The van der Waals surface area contributed by atoms with Crippen molar-refractivity contribution in [2.75, 3.05) is 12.0 Å². The average Bonchev–Trinajstić information content (AvgIpc) is 3.50. The van der Waals surface area contributed by atoms with E-state index in [4.69, 9.17) is 9.15 Å². The lowest BCUT2D eigenvalue weighted by molar-refractivity contribution is -0.128. The third-order valence-corrected chi connectivity index (χ3v) is 5.48. The molecule has 0 spiro atoms. The monoisotopic (exact) mass is 520 g/mol. The molecule has 2 aromatic carbocycles. The van der Waals surface area contributed by atoms with Gasteiger partial charge in [-0.05, 0) is 80.9 Å². The van der Waals surface area contributed by atoms with E-state index in [9.17, 15) is 14.0 Å². The molecule has 0 saturated carbocycles. The van der Waals surface area contributed by atoms with E-state index in [1.54, 1.807) is 49.4 Å². The molecule has 2 heterocycles. The second-order valence-electron chi connectivity index (χ2n) is 9.71. The Morgan fingerprint density at radius 1 is 1.13 bits per heavy atom. The molecule has 10 nitrogen and oxygen atoms in total. The average molecular weight is 521 g/mol. The second-order valence-corrected chi connectivity index (χ2v) is 9.71. The number of aryl methyl sites for hydroxylation is 1. The van der Waals surface area contributed by atoms with Crippen LogP contribution < -0.4 is 15.0 Å². The van der Waals surface area contributed by atoms with E-state index in [1.165, 1.54) is 30.2 Å². The van der Waals surface area contributed by atoms with Crippen molar-refractivity contribution in [1.29, 1.82) is 0 Å². The summed E-state index contributed by atoms with van der Waals surface area (Å²) < 4.78 is 25.1. The smallest absolute Gasteiger partial charge is 0.251 e. The lowest BCUT2D eigenvalue weighted by atomic mass is 10.0. The summed E-state index contributed by atoms with van der Waals surface area (Å²) in [6.45, 7) is 6.93. The highest BCUT2D eigenvalue weighted by Crippen LogP contribution is 2.30. The van der Waals surface area contributed by atoms with Crippen molar-refractivity contribution in [3.05, 3.63) is 77.8 Å². The Balaban J connectivity index is 1.75. The molecule has 1 atom stereocenters. The van der Waals surface area contributed by atoms with Gasteiger partial charge < -0.3 is 14.5 Å². The fourth-order valence-electron chi connectivity index (χ4n) is 3.87. The molecule has 0 bridgehead atoms. The van der Waals surface area contributed by atoms with Gasteiger partial charge in [-0.15, -0.1) is 10.2 Å². The first-order valence-corrected chi connectivity index (χ1v) is 11.9. The number of carbonyl (C=O) groups excluding carboxylic acids is 2. The largest absolute Gasteiger partial charge is 0.497 e. The van der Waals surface area contributed by atoms with Gasteiger partial charge in [-0.25, -0.2) is 4.39 Å². The number of tetrazole rings is 1. The number of aromatic nitrogens is 4. The fraction of sp³-hybridized carbons (Fsp3) is 0.296. The van der Waals surface area contributed by atoms with Gasteiger partial charge in [0, 0.05) is 11.2 Å². The third kappa shape index (κ3) is 6.23. The summed E-state index contributed by atoms with van der Waals surface area (Å²) in [6, 6.07) is 14.6. The summed E-state index contributed by atoms with van der Waals surface area (Å²) >= 11 is 0. The summed E-state index contributed by atoms with van der Waals surface area (Å²) in [5.41, 5.74) is 0.104. The van der Waals surface area contributed by atoms with Crippen LogP contribution in [0.25, 0.3) is 11.6 Å². The molecule has 0 aliphatic heterocycles. The number of nitrogens with one attached hydrogen (secondary N) is 1. The zero-order valence-corrected chi connectivity index (χ0v) is 21.8. The molecule has 0 fully saturated rings. The minimum atomic E-state index is -1.13. The van der Waals surface area contributed by atoms with Crippen LogP contribution in [0.1, 0.15) is 38.1 Å². The van der Waals surface area contributed by atoms with Gasteiger partial charge >= 0.3 is 0 Å². The number of hydrogen-bond donors (Lipinski definition) is 1. The minimum absolute atomic E-state index is 0.196. The van der Waals surface area contributed by atoms with Gasteiger partial charge in [0.05, 0.1) is 7.11 Å². The number of nitrogens with zero attached hydrogens (tertiary/aromatic N) is 5. The Morgan fingerprint density at radius 2 is 1.87 bits per heavy atom. The molecule has 0 aliphatic carbocycles. The Kier molecular flexibility index (Phi) is 7.56. The molecule has 11 heteroatoms. The number of halogens is 1. The van der Waals surface area contributed by atoms with E-state index in [0.717, 1.165) is 4.80 Å². The van der Waals surface area contributed by atoms with E-state index in [1.807, 2.05) is 20.8 Å². The van der Waals surface area contributed by atoms with Crippen LogP contribution in [0.15, 0.2) is 65.1 Å². The number of ether oxygens (including phenoxy) is 1. The Morgan fingerprint density at radius 3 is 2.47 bits per heavy atom. The summed E-state index contributed by atoms with van der Waals surface area (Å²) in [4.78, 5) is 29.8. The maximum absolute atomic E-state index is 14.3. The first kappa shape index (κ1) is 26.5. The van der Waals surface area contributed by atoms with E-state index >= 15 is 0 Å². The van der Waals surface area contributed by atoms with E-state index in [0.29, 0.717) is 22.8 Å². The van der Waals surface area contributed by atoms with Crippen molar-refractivity contribution in [1.82, 2.24) is 25.5 Å². The topological polar surface area (TPSA) is 115 Å². The van der Waals surface area contributed by atoms with Crippen molar-refractivity contribution in [2.45, 2.75) is 45.8 Å². The van der Waals surface area contributed by atoms with Gasteiger partial charge in [0.1, 0.15) is 29.9 Å². The molecule has 4 aromatic rings. The van der Waals surface area contributed by atoms with Crippen molar-refractivity contribution in [3.63, 3.8) is 0 Å². The van der Waals surface area contributed by atoms with Crippen LogP contribution in [0.2, 0.25) is 0 Å². The number of furan rings is 1. The molecule has 198 valence electrons. The van der Waals surface area contributed by atoms with Crippen LogP contribution >= 0.6 is 0 Å². The summed E-state index contributed by atoms with van der Waals surface area (Å²) in [5.74, 6) is 0.319. The number of anilines is 1. The normalized spacial score (nSPS) is 12.2. The standard InChI is InChI=1S/C27H29FN6O4/c1-17-9-14-22(38-17)25-30-32-33(31-25)16-23(35)34(20-8-6-7-19(28)15-20)24(26(36)29-27(2,3)4)18-10-12-21(37-5)13-11-18/h6-15,24H,16H2,1-5H3,(H,29,36). The molecular weight excluding hydrogens is 491 g/mol. The van der Waals surface area contributed by atoms with Gasteiger partial charge in [-0.2, -0.15) is 4.80 Å². The summed E-state index contributed by atoms with van der Waals surface area (Å²) in [5, 5.41) is 15.1. The number of hydrogen-bond acceptors (Lipinski definition) is 7. The van der Waals surface area contributed by atoms with Gasteiger partial charge in [0.25, 0.3) is 5.91 Å². The zero-order chi connectivity index (χ0) is 27.4. The molecule has 2 amide bonds. The van der Waals surface area contributed by atoms with Gasteiger partial charge in [0.15, 0.2) is 5.76 Å². The first-order valence-electron chi connectivity index (χ1n) is 11.9. The summed E-state index contributed by atoms with van der Waals surface area (Å²) in [7, 11) is 1.53. The van der Waals surface area contributed by atoms with E-state index in [-0.39, 0.29) is 18.1 Å². The van der Waals surface area contributed by atoms with Gasteiger partial charge in [-0.1, -0.05) is 18.2 Å². The van der Waals surface area contributed by atoms with Crippen LogP contribution in [0.3, 0.4) is 0 Å². The lowest BCUT2D eigenvalue weighted by Crippen LogP contribution is -2.50. The van der Waals surface area contributed by atoms with E-state index in [2.05, 4.69) is 20.7 Å². The lowest BCUT2D eigenvalue weighted by Gasteiger charge is -2.33. The Bertz CT molecular complexity index is 1420. The van der Waals surface area contributed by atoms with Crippen molar-refractivity contribution < 1.29 is 23.1 Å². The SMILES string of the molecule is COc1ccc(C(C(=O)NC(C)(C)C)N(C(=O)Cn2nnc(-c3ccc(C)o3)n2)c2cccc(F)c2)cc1. The Hall–Kier alpha value is -4.54. The summed E-state index contributed by atoms with van der Waals surface area (Å²) in [6.07, 6.45) is 0. The molecule has 4 rings (SSSR count). The number of methoxy groups -OCH3 is 1. The molecule has 0 aliphatic rings. The molecule has 0 radical (unpaired) electrons. The first-order chi connectivity index (χ1) is 18.0. The molecule has 1 N–H and O–H groups in total. The van der Waals surface area contributed by atoms with Crippen LogP contribution in [0.5, 0.6) is 5.75 Å². The van der Waals surface area contributed by atoms with E-state index < -0.39 is 29.2 Å². The maximum Gasteiger partial charge on any atom is 0.251 e. The minimum Gasteiger partial charge on any atom is -0.497 e. The van der Waals surface area contributed by atoms with Crippen LogP contribution in [0, 0.1) is 12.7 Å². The predicted octanol–water partition coefficient (Wildman–Crippen LogP) is 4.08. The quantitative estimate of drug-likeness (QED) is 0.372.